The van der Waals surface area contributed by atoms with E-state index in [4.69, 9.17) is 0 Å². The van der Waals surface area contributed by atoms with Gasteiger partial charge in [-0.25, -0.2) is 8.42 Å². The van der Waals surface area contributed by atoms with Crippen LogP contribution in [0.25, 0.3) is 10.6 Å². The minimum Gasteiger partial charge on any atom is -0.396 e. The van der Waals surface area contributed by atoms with Gasteiger partial charge in [-0.3, -0.25) is 4.68 Å². The molecule has 1 atom stereocenters. The standard InChI is InChI=1S/C21H25N3O3S2/c25-13-11-18-9-4-5-12-24(18)29(26,27)20-16-23(15-17-7-2-1-3-8-17)22-21(20)19-10-6-14-28-19/h1-3,6-8,10,14,16,18,25H,4-5,9,11-13,15H2. The Morgan fingerprint density at radius 1 is 1.14 bits per heavy atom. The van der Waals surface area contributed by atoms with E-state index in [1.807, 2.05) is 47.8 Å². The van der Waals surface area contributed by atoms with Crippen LogP contribution >= 0.6 is 11.3 Å². The summed E-state index contributed by atoms with van der Waals surface area (Å²) in [6.45, 7) is 0.983. The number of aliphatic hydroxyl groups is 1. The van der Waals surface area contributed by atoms with Crippen molar-refractivity contribution < 1.29 is 13.5 Å². The van der Waals surface area contributed by atoms with Gasteiger partial charge in [0.05, 0.1) is 11.4 Å². The van der Waals surface area contributed by atoms with Gasteiger partial charge in [0.15, 0.2) is 0 Å². The minimum atomic E-state index is -3.72. The Balaban J connectivity index is 1.74. The second kappa shape index (κ2) is 8.79. The van der Waals surface area contributed by atoms with Crippen molar-refractivity contribution in [2.24, 2.45) is 0 Å². The first-order valence-electron chi connectivity index (χ1n) is 9.87. The van der Waals surface area contributed by atoms with Crippen molar-refractivity contribution in [1.82, 2.24) is 14.1 Å². The number of aliphatic hydroxyl groups excluding tert-OH is 1. The zero-order chi connectivity index (χ0) is 20.3. The van der Waals surface area contributed by atoms with Crippen molar-refractivity contribution in [2.75, 3.05) is 13.2 Å². The average molecular weight is 432 g/mol. The number of nitrogens with zero attached hydrogens (tertiary/aromatic N) is 3. The molecule has 8 heteroatoms. The highest BCUT2D eigenvalue weighted by molar-refractivity contribution is 7.89. The predicted octanol–water partition coefficient (Wildman–Crippen LogP) is 3.59. The van der Waals surface area contributed by atoms with Crippen molar-refractivity contribution in [3.05, 3.63) is 59.6 Å². The number of benzene rings is 1. The summed E-state index contributed by atoms with van der Waals surface area (Å²) < 4.78 is 30.6. The van der Waals surface area contributed by atoms with Gasteiger partial charge in [-0.1, -0.05) is 42.8 Å². The summed E-state index contributed by atoms with van der Waals surface area (Å²) in [4.78, 5) is 1.09. The molecule has 1 fully saturated rings. The smallest absolute Gasteiger partial charge is 0.247 e. The van der Waals surface area contributed by atoms with E-state index in [-0.39, 0.29) is 17.5 Å². The Bertz CT molecular complexity index is 1030. The Kier molecular flexibility index (Phi) is 6.15. The Morgan fingerprint density at radius 2 is 1.97 bits per heavy atom. The molecule has 1 aromatic carbocycles. The third-order valence-electron chi connectivity index (χ3n) is 5.29. The van der Waals surface area contributed by atoms with E-state index < -0.39 is 10.0 Å². The molecule has 0 saturated carbocycles. The molecule has 0 spiro atoms. The molecule has 4 rings (SSSR count). The zero-order valence-corrected chi connectivity index (χ0v) is 17.8. The van der Waals surface area contributed by atoms with Crippen LogP contribution in [0.4, 0.5) is 0 Å². The van der Waals surface area contributed by atoms with Crippen molar-refractivity contribution >= 4 is 21.4 Å². The maximum atomic E-state index is 13.6. The molecule has 0 radical (unpaired) electrons. The fourth-order valence-electron chi connectivity index (χ4n) is 3.88. The summed E-state index contributed by atoms with van der Waals surface area (Å²) in [5.41, 5.74) is 1.57. The fourth-order valence-corrected chi connectivity index (χ4v) is 6.54. The fraction of sp³-hybridized carbons (Fsp3) is 0.381. The molecule has 0 amide bonds. The Labute approximate surface area is 175 Å². The molecule has 29 heavy (non-hydrogen) atoms. The van der Waals surface area contributed by atoms with Gasteiger partial charge in [0.2, 0.25) is 10.0 Å². The summed E-state index contributed by atoms with van der Waals surface area (Å²) in [7, 11) is -3.72. The Morgan fingerprint density at radius 3 is 2.69 bits per heavy atom. The molecule has 154 valence electrons. The van der Waals surface area contributed by atoms with Crippen LogP contribution in [-0.2, 0) is 16.6 Å². The van der Waals surface area contributed by atoms with Gasteiger partial charge in [-0.15, -0.1) is 11.3 Å². The molecular weight excluding hydrogens is 406 g/mol. The highest BCUT2D eigenvalue weighted by Crippen LogP contribution is 2.34. The summed E-state index contributed by atoms with van der Waals surface area (Å²) in [5.74, 6) is 0. The molecule has 1 aliphatic rings. The number of sulfonamides is 1. The van der Waals surface area contributed by atoms with Crippen molar-refractivity contribution in [3.8, 4) is 10.6 Å². The monoisotopic (exact) mass is 431 g/mol. The summed E-state index contributed by atoms with van der Waals surface area (Å²) in [6, 6.07) is 13.5. The van der Waals surface area contributed by atoms with Crippen molar-refractivity contribution in [2.45, 2.75) is 43.2 Å². The molecule has 1 aliphatic heterocycles. The van der Waals surface area contributed by atoms with Crippen LogP contribution in [0.1, 0.15) is 31.2 Å². The van der Waals surface area contributed by atoms with Crippen LogP contribution < -0.4 is 0 Å². The average Bonchev–Trinajstić information content (AvgIpc) is 3.39. The maximum Gasteiger partial charge on any atom is 0.247 e. The van der Waals surface area contributed by atoms with Gasteiger partial charge in [0.25, 0.3) is 0 Å². The maximum absolute atomic E-state index is 13.6. The lowest BCUT2D eigenvalue weighted by Gasteiger charge is -2.34. The number of thiophene rings is 1. The van der Waals surface area contributed by atoms with Gasteiger partial charge >= 0.3 is 0 Å². The minimum absolute atomic E-state index is 0.0122. The quantitative estimate of drug-likeness (QED) is 0.620. The van der Waals surface area contributed by atoms with Crippen molar-refractivity contribution in [1.29, 1.82) is 0 Å². The van der Waals surface area contributed by atoms with Gasteiger partial charge in [-0.05, 0) is 36.3 Å². The molecule has 3 aromatic rings. The number of piperidine rings is 1. The summed E-state index contributed by atoms with van der Waals surface area (Å²) >= 11 is 1.48. The topological polar surface area (TPSA) is 75.4 Å². The largest absolute Gasteiger partial charge is 0.396 e. The van der Waals surface area contributed by atoms with E-state index in [1.165, 1.54) is 11.3 Å². The van der Waals surface area contributed by atoms with E-state index in [2.05, 4.69) is 5.10 Å². The summed E-state index contributed by atoms with van der Waals surface area (Å²) in [6.07, 6.45) is 4.73. The first kappa shape index (κ1) is 20.3. The molecule has 1 saturated heterocycles. The second-order valence-corrected chi connectivity index (χ2v) is 10.1. The molecular formula is C21H25N3O3S2. The molecule has 0 aliphatic carbocycles. The van der Waals surface area contributed by atoms with Crippen LogP contribution in [0, 0.1) is 0 Å². The first-order valence-corrected chi connectivity index (χ1v) is 12.2. The van der Waals surface area contributed by atoms with Crippen molar-refractivity contribution in [3.63, 3.8) is 0 Å². The normalized spacial score (nSPS) is 18.2. The van der Waals surface area contributed by atoms with Gasteiger partial charge in [0, 0.05) is 25.4 Å². The third-order valence-corrected chi connectivity index (χ3v) is 8.12. The third kappa shape index (κ3) is 4.30. The van der Waals surface area contributed by atoms with Gasteiger partial charge in [-0.2, -0.15) is 9.40 Å². The molecule has 1 unspecified atom stereocenters. The molecule has 6 nitrogen and oxygen atoms in total. The van der Waals surface area contributed by atoms with E-state index in [0.717, 1.165) is 29.7 Å². The van der Waals surface area contributed by atoms with E-state index in [0.29, 0.717) is 25.2 Å². The SMILES string of the molecule is O=S(=O)(c1cn(Cc2ccccc2)nc1-c1cccs1)N1CCCCC1CCO. The highest BCUT2D eigenvalue weighted by Gasteiger charge is 2.36. The highest BCUT2D eigenvalue weighted by atomic mass is 32.2. The Hall–Kier alpha value is -2.00. The van der Waals surface area contributed by atoms with Crippen LogP contribution in [-0.4, -0.2) is 46.8 Å². The second-order valence-electron chi connectivity index (χ2n) is 7.28. The first-order chi connectivity index (χ1) is 14.1. The molecule has 2 aromatic heterocycles. The van der Waals surface area contributed by atoms with Gasteiger partial charge < -0.3 is 5.11 Å². The number of hydrogen-bond acceptors (Lipinski definition) is 5. The van der Waals surface area contributed by atoms with Crippen LogP contribution in [0.15, 0.2) is 58.9 Å². The molecule has 3 heterocycles. The van der Waals surface area contributed by atoms with Crippen LogP contribution in [0.5, 0.6) is 0 Å². The molecule has 1 N–H and O–H groups in total. The lowest BCUT2D eigenvalue weighted by molar-refractivity contribution is 0.192. The predicted molar refractivity (Wildman–Crippen MR) is 114 cm³/mol. The van der Waals surface area contributed by atoms with E-state index in [9.17, 15) is 13.5 Å². The van der Waals surface area contributed by atoms with Crippen LogP contribution in [0.2, 0.25) is 0 Å². The molecule has 0 bridgehead atoms. The van der Waals surface area contributed by atoms with E-state index >= 15 is 0 Å². The number of aromatic nitrogens is 2. The van der Waals surface area contributed by atoms with E-state index in [1.54, 1.807) is 15.2 Å². The zero-order valence-electron chi connectivity index (χ0n) is 16.1. The number of hydrogen-bond donors (Lipinski definition) is 1. The summed E-state index contributed by atoms with van der Waals surface area (Å²) in [5, 5.41) is 16.0. The lowest BCUT2D eigenvalue weighted by Crippen LogP contribution is -2.44. The van der Waals surface area contributed by atoms with Crippen LogP contribution in [0.3, 0.4) is 0 Å². The van der Waals surface area contributed by atoms with Gasteiger partial charge in [0.1, 0.15) is 10.6 Å². The lowest BCUT2D eigenvalue weighted by atomic mass is 10.0. The number of rotatable bonds is 7.